The number of rotatable bonds is 3. The largest absolute Gasteiger partial charge is 0.380 e. The van der Waals surface area contributed by atoms with Crippen molar-refractivity contribution in [2.45, 2.75) is 26.4 Å². The van der Waals surface area contributed by atoms with Crippen molar-refractivity contribution in [1.82, 2.24) is 4.90 Å². The van der Waals surface area contributed by atoms with Gasteiger partial charge in [0.05, 0.1) is 6.61 Å². The zero-order valence-corrected chi connectivity index (χ0v) is 13.1. The number of methoxy groups -OCH3 is 1. The summed E-state index contributed by atoms with van der Waals surface area (Å²) in [5, 5.41) is 0. The third-order valence-electron chi connectivity index (χ3n) is 3.54. The Kier molecular flexibility index (Phi) is 4.99. The maximum absolute atomic E-state index is 12.5. The summed E-state index contributed by atoms with van der Waals surface area (Å²) in [7, 11) is 1.66. The normalized spacial score (nSPS) is 19.5. The molecule has 0 radical (unpaired) electrons. The monoisotopic (exact) mass is 325 g/mol. The first-order chi connectivity index (χ1) is 9.11. The summed E-state index contributed by atoms with van der Waals surface area (Å²) in [6.45, 7) is 4.46. The molecule has 1 amide bonds. The van der Waals surface area contributed by atoms with Crippen LogP contribution >= 0.6 is 15.9 Å². The molecule has 1 unspecified atom stereocenters. The van der Waals surface area contributed by atoms with Gasteiger partial charge in [0.1, 0.15) is 0 Å². The van der Waals surface area contributed by atoms with Gasteiger partial charge in [-0.1, -0.05) is 22.9 Å². The number of carbonyl (C=O) groups is 1. The summed E-state index contributed by atoms with van der Waals surface area (Å²) in [4.78, 5) is 14.4. The number of ether oxygens (including phenoxy) is 1. The Bertz CT molecular complexity index is 461. The van der Waals surface area contributed by atoms with Crippen molar-refractivity contribution < 1.29 is 9.53 Å². The van der Waals surface area contributed by atoms with E-state index in [2.05, 4.69) is 22.9 Å². The summed E-state index contributed by atoms with van der Waals surface area (Å²) in [6.07, 6.45) is 2.33. The number of amides is 1. The van der Waals surface area contributed by atoms with Crippen LogP contribution in [0, 0.1) is 5.92 Å². The van der Waals surface area contributed by atoms with Gasteiger partial charge >= 0.3 is 0 Å². The van der Waals surface area contributed by atoms with Crippen molar-refractivity contribution in [3.63, 3.8) is 0 Å². The Morgan fingerprint density at radius 2 is 2.32 bits per heavy atom. The number of hydrogen-bond donors (Lipinski definition) is 0. The van der Waals surface area contributed by atoms with Crippen LogP contribution in [0.25, 0.3) is 0 Å². The molecular formula is C15H20BrNO2. The van der Waals surface area contributed by atoms with Crippen LogP contribution in [0.15, 0.2) is 22.7 Å². The second-order valence-corrected chi connectivity index (χ2v) is 6.09. The van der Waals surface area contributed by atoms with Crippen molar-refractivity contribution in [1.29, 1.82) is 0 Å². The number of likely N-dealkylation sites (tertiary alicyclic amines) is 1. The quantitative estimate of drug-likeness (QED) is 0.851. The highest BCUT2D eigenvalue weighted by atomic mass is 79.9. The molecule has 1 atom stereocenters. The lowest BCUT2D eigenvalue weighted by molar-refractivity contribution is 0.0682. The van der Waals surface area contributed by atoms with Crippen LogP contribution in [0.2, 0.25) is 0 Å². The number of benzene rings is 1. The third kappa shape index (κ3) is 3.57. The van der Waals surface area contributed by atoms with Gasteiger partial charge in [-0.15, -0.1) is 0 Å². The minimum Gasteiger partial charge on any atom is -0.380 e. The lowest BCUT2D eigenvalue weighted by Gasteiger charge is -2.31. The van der Waals surface area contributed by atoms with Gasteiger partial charge in [-0.3, -0.25) is 4.79 Å². The molecule has 0 bridgehead atoms. The van der Waals surface area contributed by atoms with E-state index in [9.17, 15) is 4.79 Å². The highest BCUT2D eigenvalue weighted by Gasteiger charge is 2.22. The summed E-state index contributed by atoms with van der Waals surface area (Å²) < 4.78 is 6.14. The minimum absolute atomic E-state index is 0.136. The predicted octanol–water partition coefficient (Wildman–Crippen LogP) is 3.47. The van der Waals surface area contributed by atoms with Gasteiger partial charge in [0.2, 0.25) is 0 Å². The van der Waals surface area contributed by atoms with Crippen LogP contribution in [0.5, 0.6) is 0 Å². The molecule has 3 nitrogen and oxygen atoms in total. The molecule has 1 saturated heterocycles. The average Bonchev–Trinajstić information content (AvgIpc) is 2.41. The molecule has 0 saturated carbocycles. The molecule has 1 aromatic carbocycles. The lowest BCUT2D eigenvalue weighted by atomic mass is 9.99. The first kappa shape index (κ1) is 14.5. The number of nitrogens with zero attached hydrogens (tertiary/aromatic N) is 1. The van der Waals surface area contributed by atoms with Crippen LogP contribution in [0.1, 0.15) is 35.7 Å². The SMILES string of the molecule is COCc1cc(C(=O)N2CCCC(C)C2)ccc1Br. The van der Waals surface area contributed by atoms with E-state index in [0.29, 0.717) is 12.5 Å². The third-order valence-corrected chi connectivity index (χ3v) is 4.31. The smallest absolute Gasteiger partial charge is 0.253 e. The molecule has 19 heavy (non-hydrogen) atoms. The number of carbonyl (C=O) groups excluding carboxylic acids is 1. The molecule has 1 aromatic rings. The first-order valence-electron chi connectivity index (χ1n) is 6.68. The van der Waals surface area contributed by atoms with Gasteiger partial charge < -0.3 is 9.64 Å². The molecule has 1 aliphatic rings. The van der Waals surface area contributed by atoms with Crippen LogP contribution < -0.4 is 0 Å². The molecule has 0 aromatic heterocycles. The zero-order valence-electron chi connectivity index (χ0n) is 11.5. The lowest BCUT2D eigenvalue weighted by Crippen LogP contribution is -2.39. The molecule has 2 rings (SSSR count). The highest BCUT2D eigenvalue weighted by molar-refractivity contribution is 9.10. The Hall–Kier alpha value is -0.870. The fourth-order valence-corrected chi connectivity index (χ4v) is 2.89. The van der Waals surface area contributed by atoms with Gasteiger partial charge in [0.25, 0.3) is 5.91 Å². The highest BCUT2D eigenvalue weighted by Crippen LogP contribution is 2.22. The number of halogens is 1. The van der Waals surface area contributed by atoms with E-state index in [1.807, 2.05) is 23.1 Å². The van der Waals surface area contributed by atoms with Gasteiger partial charge in [0.15, 0.2) is 0 Å². The predicted molar refractivity (Wildman–Crippen MR) is 79.2 cm³/mol. The first-order valence-corrected chi connectivity index (χ1v) is 7.47. The van der Waals surface area contributed by atoms with Crippen LogP contribution in [0.4, 0.5) is 0 Å². The summed E-state index contributed by atoms with van der Waals surface area (Å²) in [5.74, 6) is 0.739. The summed E-state index contributed by atoms with van der Waals surface area (Å²) >= 11 is 3.48. The molecule has 1 fully saturated rings. The Morgan fingerprint density at radius 1 is 1.53 bits per heavy atom. The number of piperidine rings is 1. The molecule has 1 heterocycles. The Morgan fingerprint density at radius 3 is 3.00 bits per heavy atom. The average molecular weight is 326 g/mol. The fraction of sp³-hybridized carbons (Fsp3) is 0.533. The second kappa shape index (κ2) is 6.53. The van der Waals surface area contributed by atoms with E-state index in [-0.39, 0.29) is 5.91 Å². The molecule has 0 aliphatic carbocycles. The minimum atomic E-state index is 0.136. The van der Waals surface area contributed by atoms with Crippen molar-refractivity contribution in [2.75, 3.05) is 20.2 Å². The van der Waals surface area contributed by atoms with E-state index < -0.39 is 0 Å². The van der Waals surface area contributed by atoms with Crippen LogP contribution in [-0.2, 0) is 11.3 Å². The Labute approximate surface area is 123 Å². The van der Waals surface area contributed by atoms with Gasteiger partial charge in [-0.25, -0.2) is 0 Å². The van der Waals surface area contributed by atoms with Gasteiger partial charge in [-0.2, -0.15) is 0 Å². The second-order valence-electron chi connectivity index (χ2n) is 5.24. The van der Waals surface area contributed by atoms with Gasteiger partial charge in [0, 0.05) is 30.2 Å². The molecule has 4 heteroatoms. The van der Waals surface area contributed by atoms with Crippen LogP contribution in [-0.4, -0.2) is 31.0 Å². The van der Waals surface area contributed by atoms with E-state index in [0.717, 1.165) is 35.1 Å². The van der Waals surface area contributed by atoms with E-state index >= 15 is 0 Å². The van der Waals surface area contributed by atoms with Gasteiger partial charge in [-0.05, 0) is 42.5 Å². The molecular weight excluding hydrogens is 306 g/mol. The maximum atomic E-state index is 12.5. The maximum Gasteiger partial charge on any atom is 0.253 e. The Balaban J connectivity index is 2.16. The van der Waals surface area contributed by atoms with Crippen molar-refractivity contribution >= 4 is 21.8 Å². The topological polar surface area (TPSA) is 29.5 Å². The molecule has 104 valence electrons. The zero-order chi connectivity index (χ0) is 13.8. The number of hydrogen-bond acceptors (Lipinski definition) is 2. The van der Waals surface area contributed by atoms with Crippen LogP contribution in [0.3, 0.4) is 0 Å². The van der Waals surface area contributed by atoms with Crippen molar-refractivity contribution in [3.05, 3.63) is 33.8 Å². The summed E-state index contributed by atoms with van der Waals surface area (Å²) in [5.41, 5.74) is 1.77. The van der Waals surface area contributed by atoms with E-state index in [1.54, 1.807) is 7.11 Å². The molecule has 0 spiro atoms. The van der Waals surface area contributed by atoms with Crippen molar-refractivity contribution in [2.24, 2.45) is 5.92 Å². The van der Waals surface area contributed by atoms with E-state index in [4.69, 9.17) is 4.74 Å². The molecule has 1 aliphatic heterocycles. The standard InChI is InChI=1S/C15H20BrNO2/c1-11-4-3-7-17(9-11)15(18)12-5-6-14(16)13(8-12)10-19-2/h5-6,8,11H,3-4,7,9-10H2,1-2H3. The molecule has 0 N–H and O–H groups in total. The fourth-order valence-electron chi connectivity index (χ4n) is 2.53. The van der Waals surface area contributed by atoms with E-state index in [1.165, 1.54) is 6.42 Å². The summed E-state index contributed by atoms with van der Waals surface area (Å²) in [6, 6.07) is 5.73. The van der Waals surface area contributed by atoms with Crippen molar-refractivity contribution in [3.8, 4) is 0 Å².